The van der Waals surface area contributed by atoms with Crippen molar-refractivity contribution >= 4 is 5.69 Å². The molecule has 0 amide bonds. The Kier molecular flexibility index (Phi) is 2.72. The first-order chi connectivity index (χ1) is 7.24. The van der Waals surface area contributed by atoms with Gasteiger partial charge in [-0.25, -0.2) is 0 Å². The average Bonchev–Trinajstić information content (AvgIpc) is 2.62. The first-order valence-electron chi connectivity index (χ1n) is 4.96. The third-order valence-electron chi connectivity index (χ3n) is 2.16. The lowest BCUT2D eigenvalue weighted by Crippen LogP contribution is -1.98. The van der Waals surface area contributed by atoms with Gasteiger partial charge in [-0.1, -0.05) is 0 Å². The number of furan rings is 1. The van der Waals surface area contributed by atoms with Gasteiger partial charge in [-0.15, -0.1) is 0 Å². The number of nitrogens with zero attached hydrogens (tertiary/aromatic N) is 1. The van der Waals surface area contributed by atoms with Gasteiger partial charge in [0.05, 0.1) is 6.54 Å². The molecular weight excluding hydrogens is 188 g/mol. The molecule has 2 aromatic heterocycles. The van der Waals surface area contributed by atoms with Gasteiger partial charge in [0.25, 0.3) is 0 Å². The Balaban J connectivity index is 1.99. The normalized spacial score (nSPS) is 10.3. The molecule has 0 fully saturated rings. The molecule has 15 heavy (non-hydrogen) atoms. The van der Waals surface area contributed by atoms with Gasteiger partial charge in [0.1, 0.15) is 11.5 Å². The maximum Gasteiger partial charge on any atom is 0.123 e. The molecule has 0 saturated heterocycles. The van der Waals surface area contributed by atoms with Crippen LogP contribution in [-0.4, -0.2) is 4.98 Å². The molecule has 0 aliphatic rings. The van der Waals surface area contributed by atoms with Gasteiger partial charge in [-0.05, 0) is 38.1 Å². The van der Waals surface area contributed by atoms with E-state index >= 15 is 0 Å². The summed E-state index contributed by atoms with van der Waals surface area (Å²) < 4.78 is 5.46. The summed E-state index contributed by atoms with van der Waals surface area (Å²) in [5, 5.41) is 3.28. The fraction of sp³-hybridized carbons (Fsp3) is 0.250. The van der Waals surface area contributed by atoms with Crippen molar-refractivity contribution in [2.75, 3.05) is 5.32 Å². The zero-order valence-electron chi connectivity index (χ0n) is 8.95. The van der Waals surface area contributed by atoms with Crippen molar-refractivity contribution in [1.29, 1.82) is 0 Å². The molecule has 3 heteroatoms. The van der Waals surface area contributed by atoms with Crippen LogP contribution in [0.5, 0.6) is 0 Å². The van der Waals surface area contributed by atoms with Gasteiger partial charge < -0.3 is 9.73 Å². The van der Waals surface area contributed by atoms with E-state index in [4.69, 9.17) is 4.42 Å². The minimum atomic E-state index is 0.706. The molecule has 0 unspecified atom stereocenters. The zero-order valence-corrected chi connectivity index (χ0v) is 8.95. The van der Waals surface area contributed by atoms with Crippen LogP contribution < -0.4 is 5.32 Å². The van der Waals surface area contributed by atoms with E-state index in [0.29, 0.717) is 6.54 Å². The van der Waals surface area contributed by atoms with Gasteiger partial charge in [0.15, 0.2) is 0 Å². The predicted octanol–water partition coefficient (Wildman–Crippen LogP) is 2.90. The Bertz CT molecular complexity index is 448. The van der Waals surface area contributed by atoms with Gasteiger partial charge >= 0.3 is 0 Å². The Morgan fingerprint density at radius 2 is 2.13 bits per heavy atom. The molecule has 0 spiro atoms. The van der Waals surface area contributed by atoms with Crippen molar-refractivity contribution in [3.05, 3.63) is 47.7 Å². The molecule has 3 nitrogen and oxygen atoms in total. The standard InChI is InChI=1S/C12H14N2O/c1-9-7-11(5-6-13-9)14-8-12-4-3-10(2)15-12/h3-7H,8H2,1-2H3,(H,13,14). The summed E-state index contributed by atoms with van der Waals surface area (Å²) in [5.74, 6) is 1.89. The van der Waals surface area contributed by atoms with Crippen LogP contribution in [0, 0.1) is 13.8 Å². The average molecular weight is 202 g/mol. The molecule has 0 aliphatic carbocycles. The molecule has 0 saturated carbocycles. The van der Waals surface area contributed by atoms with Crippen LogP contribution in [0.3, 0.4) is 0 Å². The summed E-state index contributed by atoms with van der Waals surface area (Å²) in [4.78, 5) is 4.14. The van der Waals surface area contributed by atoms with Crippen LogP contribution >= 0.6 is 0 Å². The molecule has 2 aromatic rings. The minimum absolute atomic E-state index is 0.706. The molecule has 2 rings (SSSR count). The highest BCUT2D eigenvalue weighted by Gasteiger charge is 1.98. The summed E-state index contributed by atoms with van der Waals surface area (Å²) >= 11 is 0. The van der Waals surface area contributed by atoms with E-state index < -0.39 is 0 Å². The molecule has 0 bridgehead atoms. The number of rotatable bonds is 3. The summed E-state index contributed by atoms with van der Waals surface area (Å²) in [7, 11) is 0. The molecule has 2 heterocycles. The van der Waals surface area contributed by atoms with Crippen LogP contribution in [0.4, 0.5) is 5.69 Å². The van der Waals surface area contributed by atoms with Crippen molar-refractivity contribution in [1.82, 2.24) is 4.98 Å². The van der Waals surface area contributed by atoms with Crippen LogP contribution in [0.2, 0.25) is 0 Å². The van der Waals surface area contributed by atoms with E-state index in [1.807, 2.05) is 38.1 Å². The SMILES string of the molecule is Cc1cc(NCc2ccc(C)o2)ccn1. The van der Waals surface area contributed by atoms with Crippen LogP contribution in [0.15, 0.2) is 34.9 Å². The van der Waals surface area contributed by atoms with Gasteiger partial charge in [0, 0.05) is 17.6 Å². The number of hydrogen-bond donors (Lipinski definition) is 1. The second kappa shape index (κ2) is 4.17. The smallest absolute Gasteiger partial charge is 0.123 e. The number of hydrogen-bond acceptors (Lipinski definition) is 3. The number of pyridine rings is 1. The van der Waals surface area contributed by atoms with Crippen molar-refractivity contribution < 1.29 is 4.42 Å². The van der Waals surface area contributed by atoms with Crippen molar-refractivity contribution in [3.8, 4) is 0 Å². The Morgan fingerprint density at radius 1 is 1.27 bits per heavy atom. The fourth-order valence-corrected chi connectivity index (χ4v) is 1.42. The fourth-order valence-electron chi connectivity index (χ4n) is 1.42. The first-order valence-corrected chi connectivity index (χ1v) is 4.96. The van der Waals surface area contributed by atoms with E-state index in [2.05, 4.69) is 10.3 Å². The maximum absolute atomic E-state index is 5.46. The molecule has 0 atom stereocenters. The lowest BCUT2D eigenvalue weighted by molar-refractivity contribution is 0.490. The molecule has 0 aromatic carbocycles. The van der Waals surface area contributed by atoms with Crippen LogP contribution in [0.1, 0.15) is 17.2 Å². The third kappa shape index (κ3) is 2.59. The lowest BCUT2D eigenvalue weighted by Gasteiger charge is -2.04. The molecule has 0 aliphatic heterocycles. The predicted molar refractivity (Wildman–Crippen MR) is 59.7 cm³/mol. The molecule has 78 valence electrons. The molecule has 0 radical (unpaired) electrons. The van der Waals surface area contributed by atoms with Crippen molar-refractivity contribution in [2.45, 2.75) is 20.4 Å². The van der Waals surface area contributed by atoms with E-state index in [-0.39, 0.29) is 0 Å². The highest BCUT2D eigenvalue weighted by atomic mass is 16.3. The lowest BCUT2D eigenvalue weighted by atomic mass is 10.3. The number of anilines is 1. The van der Waals surface area contributed by atoms with Crippen molar-refractivity contribution in [3.63, 3.8) is 0 Å². The molecule has 1 N–H and O–H groups in total. The maximum atomic E-state index is 5.46. The molecular formula is C12H14N2O. The topological polar surface area (TPSA) is 38.1 Å². The number of aromatic nitrogens is 1. The van der Waals surface area contributed by atoms with Crippen LogP contribution in [0.25, 0.3) is 0 Å². The summed E-state index contributed by atoms with van der Waals surface area (Å²) in [6.07, 6.45) is 1.80. The van der Waals surface area contributed by atoms with Gasteiger partial charge in [-0.2, -0.15) is 0 Å². The zero-order chi connectivity index (χ0) is 10.7. The number of nitrogens with one attached hydrogen (secondary N) is 1. The van der Waals surface area contributed by atoms with Crippen molar-refractivity contribution in [2.24, 2.45) is 0 Å². The van der Waals surface area contributed by atoms with Gasteiger partial charge in [0.2, 0.25) is 0 Å². The van der Waals surface area contributed by atoms with Crippen LogP contribution in [-0.2, 0) is 6.54 Å². The van der Waals surface area contributed by atoms with E-state index in [1.54, 1.807) is 6.20 Å². The van der Waals surface area contributed by atoms with E-state index in [1.165, 1.54) is 0 Å². The quantitative estimate of drug-likeness (QED) is 0.831. The second-order valence-corrected chi connectivity index (χ2v) is 3.55. The Morgan fingerprint density at radius 3 is 2.80 bits per heavy atom. The first kappa shape index (κ1) is 9.77. The summed E-state index contributed by atoms with van der Waals surface area (Å²) in [6, 6.07) is 7.91. The largest absolute Gasteiger partial charge is 0.465 e. The monoisotopic (exact) mass is 202 g/mol. The number of aryl methyl sites for hydroxylation is 2. The van der Waals surface area contributed by atoms with E-state index in [0.717, 1.165) is 22.9 Å². The highest BCUT2D eigenvalue weighted by Crippen LogP contribution is 2.11. The summed E-state index contributed by atoms with van der Waals surface area (Å²) in [5.41, 5.74) is 2.08. The summed E-state index contributed by atoms with van der Waals surface area (Å²) in [6.45, 7) is 4.62. The third-order valence-corrected chi connectivity index (χ3v) is 2.16. The van der Waals surface area contributed by atoms with Gasteiger partial charge in [-0.3, -0.25) is 4.98 Å². The minimum Gasteiger partial charge on any atom is -0.465 e. The Labute approximate surface area is 89.1 Å². The van der Waals surface area contributed by atoms with E-state index in [9.17, 15) is 0 Å². The Hall–Kier alpha value is -1.77. The highest BCUT2D eigenvalue weighted by molar-refractivity contribution is 5.43. The second-order valence-electron chi connectivity index (χ2n) is 3.55.